The Labute approximate surface area is 143 Å². The zero-order chi connectivity index (χ0) is 17.2. The minimum absolute atomic E-state index is 0.293. The molecule has 0 saturated carbocycles. The number of hydrogen-bond donors (Lipinski definition) is 1. The number of benzene rings is 1. The Morgan fingerprint density at radius 2 is 1.79 bits per heavy atom. The van der Waals surface area contributed by atoms with Gasteiger partial charge in [0.05, 0.1) is 6.20 Å². The normalized spacial score (nSPS) is 17.2. The molecule has 0 aliphatic carbocycles. The van der Waals surface area contributed by atoms with Crippen LogP contribution in [0.15, 0.2) is 59.2 Å². The first-order valence-corrected chi connectivity index (χ1v) is 7.47. The van der Waals surface area contributed by atoms with Crippen LogP contribution in [-0.4, -0.2) is 11.3 Å². The second-order valence-electron chi connectivity index (χ2n) is 4.71. The van der Waals surface area contributed by atoms with Gasteiger partial charge in [-0.1, -0.05) is 12.1 Å². The number of halogens is 4. The molecule has 1 aliphatic heterocycles. The van der Waals surface area contributed by atoms with Gasteiger partial charge in [-0.3, -0.25) is 4.84 Å². The van der Waals surface area contributed by atoms with Crippen LogP contribution in [0.3, 0.4) is 0 Å². The Morgan fingerprint density at radius 3 is 2.42 bits per heavy atom. The number of rotatable bonds is 4. The summed E-state index contributed by atoms with van der Waals surface area (Å²) in [5, 5.41) is 0. The van der Waals surface area contributed by atoms with E-state index in [0.29, 0.717) is 21.8 Å². The minimum atomic E-state index is -4.72. The van der Waals surface area contributed by atoms with Gasteiger partial charge in [0.25, 0.3) is 0 Å². The average Bonchev–Trinajstić information content (AvgIpc) is 2.97. The molecule has 1 aliphatic rings. The fourth-order valence-electron chi connectivity index (χ4n) is 1.95. The fraction of sp³-hybridized carbons (Fsp3) is 0.133. The standard InChI is InChI=1S/C15H10BrF3N2O3/c16-13-6-5-11(8-20-13)22-14-7-12(24-21-14)9-1-3-10(4-2-9)23-15(17,18)19/h1-8,12,21H. The van der Waals surface area contributed by atoms with E-state index < -0.39 is 12.5 Å². The molecule has 126 valence electrons. The second kappa shape index (κ2) is 6.70. The molecule has 9 heteroatoms. The van der Waals surface area contributed by atoms with Crippen LogP contribution in [0.5, 0.6) is 11.5 Å². The van der Waals surface area contributed by atoms with Crippen molar-refractivity contribution in [2.45, 2.75) is 12.5 Å². The van der Waals surface area contributed by atoms with Crippen LogP contribution in [0.4, 0.5) is 13.2 Å². The van der Waals surface area contributed by atoms with Crippen molar-refractivity contribution >= 4 is 15.9 Å². The van der Waals surface area contributed by atoms with E-state index in [1.54, 1.807) is 18.2 Å². The Morgan fingerprint density at radius 1 is 1.08 bits per heavy atom. The van der Waals surface area contributed by atoms with Gasteiger partial charge < -0.3 is 9.47 Å². The van der Waals surface area contributed by atoms with Crippen molar-refractivity contribution in [3.05, 3.63) is 64.7 Å². The molecule has 0 radical (unpaired) electrons. The smallest absolute Gasteiger partial charge is 0.438 e. The summed E-state index contributed by atoms with van der Waals surface area (Å²) in [7, 11) is 0. The van der Waals surface area contributed by atoms with Crippen molar-refractivity contribution < 1.29 is 27.5 Å². The van der Waals surface area contributed by atoms with Crippen molar-refractivity contribution in [3.8, 4) is 11.5 Å². The first-order chi connectivity index (χ1) is 11.4. The predicted octanol–water partition coefficient (Wildman–Crippen LogP) is 4.24. The van der Waals surface area contributed by atoms with E-state index in [9.17, 15) is 13.2 Å². The number of hydroxylamine groups is 1. The van der Waals surface area contributed by atoms with Crippen LogP contribution < -0.4 is 15.0 Å². The van der Waals surface area contributed by atoms with Gasteiger partial charge in [-0.25, -0.2) is 10.5 Å². The Bertz CT molecular complexity index is 733. The lowest BCUT2D eigenvalue weighted by molar-refractivity contribution is -0.274. The zero-order valence-corrected chi connectivity index (χ0v) is 13.5. The van der Waals surface area contributed by atoms with Gasteiger partial charge in [0.2, 0.25) is 5.88 Å². The van der Waals surface area contributed by atoms with Crippen molar-refractivity contribution in [2.24, 2.45) is 0 Å². The lowest BCUT2D eigenvalue weighted by Gasteiger charge is -2.11. The van der Waals surface area contributed by atoms with E-state index in [1.807, 2.05) is 0 Å². The molecular weight excluding hydrogens is 393 g/mol. The van der Waals surface area contributed by atoms with Crippen LogP contribution in [0.1, 0.15) is 11.7 Å². The highest BCUT2D eigenvalue weighted by Crippen LogP contribution is 2.29. The van der Waals surface area contributed by atoms with Crippen molar-refractivity contribution in [2.75, 3.05) is 0 Å². The fourth-order valence-corrected chi connectivity index (χ4v) is 2.19. The molecule has 5 nitrogen and oxygen atoms in total. The summed E-state index contributed by atoms with van der Waals surface area (Å²) in [5.74, 6) is 0.577. The highest BCUT2D eigenvalue weighted by Gasteiger charge is 2.31. The number of nitrogens with one attached hydrogen (secondary N) is 1. The maximum Gasteiger partial charge on any atom is 0.573 e. The third-order valence-electron chi connectivity index (χ3n) is 2.96. The summed E-state index contributed by atoms with van der Waals surface area (Å²) in [6, 6.07) is 8.84. The summed E-state index contributed by atoms with van der Waals surface area (Å²) >= 11 is 3.22. The molecule has 1 unspecified atom stereocenters. The zero-order valence-electron chi connectivity index (χ0n) is 11.9. The van der Waals surface area contributed by atoms with E-state index >= 15 is 0 Å². The largest absolute Gasteiger partial charge is 0.573 e. The summed E-state index contributed by atoms with van der Waals surface area (Å²) in [4.78, 5) is 9.36. The summed E-state index contributed by atoms with van der Waals surface area (Å²) in [6.45, 7) is 0. The predicted molar refractivity (Wildman–Crippen MR) is 80.7 cm³/mol. The van der Waals surface area contributed by atoms with Gasteiger partial charge in [0.1, 0.15) is 22.2 Å². The second-order valence-corrected chi connectivity index (χ2v) is 5.52. The molecule has 0 amide bonds. The first kappa shape index (κ1) is 16.6. The number of alkyl halides is 3. The molecule has 24 heavy (non-hydrogen) atoms. The Balaban J connectivity index is 1.65. The van der Waals surface area contributed by atoms with E-state index in [-0.39, 0.29) is 5.75 Å². The molecule has 1 atom stereocenters. The molecule has 3 rings (SSSR count). The first-order valence-electron chi connectivity index (χ1n) is 6.68. The quantitative estimate of drug-likeness (QED) is 0.775. The molecule has 1 N–H and O–H groups in total. The van der Waals surface area contributed by atoms with Gasteiger partial charge in [-0.2, -0.15) is 0 Å². The molecule has 0 bridgehead atoms. The van der Waals surface area contributed by atoms with Crippen LogP contribution in [0.2, 0.25) is 0 Å². The van der Waals surface area contributed by atoms with Crippen LogP contribution in [0.25, 0.3) is 0 Å². The summed E-state index contributed by atoms with van der Waals surface area (Å²) in [6.07, 6.45) is -2.03. The molecule has 2 heterocycles. The SMILES string of the molecule is FC(F)(F)Oc1ccc(C2C=C(Oc3ccc(Br)nc3)NO2)cc1. The van der Waals surface area contributed by atoms with Gasteiger partial charge in [0.15, 0.2) is 0 Å². The number of aromatic nitrogens is 1. The maximum atomic E-state index is 12.1. The molecule has 0 spiro atoms. The van der Waals surface area contributed by atoms with Crippen molar-refractivity contribution in [1.82, 2.24) is 10.5 Å². The van der Waals surface area contributed by atoms with E-state index in [2.05, 4.69) is 31.1 Å². The third kappa shape index (κ3) is 4.39. The van der Waals surface area contributed by atoms with Gasteiger partial charge in [-0.15, -0.1) is 13.2 Å². The lowest BCUT2D eigenvalue weighted by Crippen LogP contribution is -2.17. The Hall–Kier alpha value is -2.26. The monoisotopic (exact) mass is 402 g/mol. The van der Waals surface area contributed by atoms with Crippen molar-refractivity contribution in [3.63, 3.8) is 0 Å². The summed E-state index contributed by atoms with van der Waals surface area (Å²) < 4.78 is 46.4. The highest BCUT2D eigenvalue weighted by molar-refractivity contribution is 9.10. The lowest BCUT2D eigenvalue weighted by atomic mass is 10.1. The van der Waals surface area contributed by atoms with E-state index in [1.165, 1.54) is 30.5 Å². The van der Waals surface area contributed by atoms with E-state index in [4.69, 9.17) is 9.57 Å². The number of nitrogens with zero attached hydrogens (tertiary/aromatic N) is 1. The van der Waals surface area contributed by atoms with Crippen molar-refractivity contribution in [1.29, 1.82) is 0 Å². The van der Waals surface area contributed by atoms with Gasteiger partial charge in [0, 0.05) is 6.08 Å². The van der Waals surface area contributed by atoms with Crippen LogP contribution in [-0.2, 0) is 4.84 Å². The van der Waals surface area contributed by atoms with Crippen LogP contribution >= 0.6 is 15.9 Å². The molecule has 0 saturated heterocycles. The number of pyridine rings is 1. The highest BCUT2D eigenvalue weighted by atomic mass is 79.9. The molecule has 0 fully saturated rings. The topological polar surface area (TPSA) is 52.6 Å². The molecule has 2 aromatic rings. The number of ether oxygens (including phenoxy) is 2. The summed E-state index contributed by atoms with van der Waals surface area (Å²) in [5.41, 5.74) is 3.25. The average molecular weight is 403 g/mol. The number of hydrogen-bond acceptors (Lipinski definition) is 5. The van der Waals surface area contributed by atoms with Gasteiger partial charge >= 0.3 is 6.36 Å². The van der Waals surface area contributed by atoms with E-state index in [0.717, 1.165) is 0 Å². The van der Waals surface area contributed by atoms with Gasteiger partial charge in [-0.05, 0) is 45.8 Å². The minimum Gasteiger partial charge on any atom is -0.438 e. The Kier molecular flexibility index (Phi) is 4.63. The maximum absolute atomic E-state index is 12.1. The molecule has 1 aromatic heterocycles. The van der Waals surface area contributed by atoms with Crippen LogP contribution in [0, 0.1) is 0 Å². The molecular formula is C15H10BrF3N2O3. The third-order valence-corrected chi connectivity index (χ3v) is 3.43. The molecule has 1 aromatic carbocycles.